The van der Waals surface area contributed by atoms with Gasteiger partial charge in [-0.2, -0.15) is 0 Å². The lowest BCUT2D eigenvalue weighted by molar-refractivity contribution is 0.111. The van der Waals surface area contributed by atoms with Gasteiger partial charge in [0.05, 0.1) is 11.9 Å². The van der Waals surface area contributed by atoms with Crippen molar-refractivity contribution in [2.45, 2.75) is 18.8 Å². The molecule has 0 amide bonds. The number of carbonyl (C=O) groups is 1. The molecule has 0 atom stereocenters. The zero-order chi connectivity index (χ0) is 9.54. The lowest BCUT2D eigenvalue weighted by atomic mass is 10.2. The Labute approximate surface area is 80.6 Å². The van der Waals surface area contributed by atoms with Gasteiger partial charge in [0.2, 0.25) is 0 Å². The summed E-state index contributed by atoms with van der Waals surface area (Å²) in [5.74, 6) is 0.495. The molecule has 0 saturated heterocycles. The summed E-state index contributed by atoms with van der Waals surface area (Å²) in [6.07, 6.45) is 8.30. The Morgan fingerprint density at radius 1 is 1.50 bits per heavy atom. The maximum absolute atomic E-state index is 11.0. The van der Waals surface area contributed by atoms with Crippen LogP contribution in [0.15, 0.2) is 18.6 Å². The number of hydrogen-bond acceptors (Lipinski definition) is 3. The molecule has 2 heterocycles. The van der Waals surface area contributed by atoms with Crippen LogP contribution in [0.2, 0.25) is 0 Å². The minimum absolute atomic E-state index is 0.495. The topological polar surface area (TPSA) is 47.3 Å². The highest BCUT2D eigenvalue weighted by atomic mass is 16.1. The number of nitrogens with zero attached hydrogens (tertiary/aromatic N) is 3. The molecule has 1 saturated carbocycles. The highest BCUT2D eigenvalue weighted by Crippen LogP contribution is 2.40. The van der Waals surface area contributed by atoms with Gasteiger partial charge in [0.25, 0.3) is 0 Å². The van der Waals surface area contributed by atoms with Crippen LogP contribution >= 0.6 is 0 Å². The first-order valence-electron chi connectivity index (χ1n) is 4.67. The Kier molecular flexibility index (Phi) is 1.45. The molecule has 70 valence electrons. The third-order valence-electron chi connectivity index (χ3n) is 2.57. The van der Waals surface area contributed by atoms with Gasteiger partial charge in [-0.15, -0.1) is 0 Å². The molecule has 1 aliphatic rings. The summed E-state index contributed by atoms with van der Waals surface area (Å²) in [4.78, 5) is 19.4. The maximum Gasteiger partial charge on any atom is 0.168 e. The summed E-state index contributed by atoms with van der Waals surface area (Å²) in [7, 11) is 0. The predicted molar refractivity (Wildman–Crippen MR) is 50.3 cm³/mol. The molecular formula is C10H9N3O. The van der Waals surface area contributed by atoms with E-state index in [4.69, 9.17) is 0 Å². The fourth-order valence-electron chi connectivity index (χ4n) is 1.72. The highest BCUT2D eigenvalue weighted by molar-refractivity contribution is 5.77. The molecule has 4 nitrogen and oxygen atoms in total. The van der Waals surface area contributed by atoms with E-state index in [0.717, 1.165) is 30.5 Å². The number of imidazole rings is 1. The Hall–Kier alpha value is -1.71. The lowest BCUT2D eigenvalue weighted by Gasteiger charge is -1.93. The van der Waals surface area contributed by atoms with Crippen molar-refractivity contribution in [2.24, 2.45) is 0 Å². The van der Waals surface area contributed by atoms with Crippen LogP contribution in [0.5, 0.6) is 0 Å². The zero-order valence-electron chi connectivity index (χ0n) is 7.55. The molecule has 0 unspecified atom stereocenters. The quantitative estimate of drug-likeness (QED) is 0.668. The van der Waals surface area contributed by atoms with E-state index >= 15 is 0 Å². The fraction of sp³-hybridized carbons (Fsp3) is 0.300. The van der Waals surface area contributed by atoms with Gasteiger partial charge in [-0.3, -0.25) is 14.2 Å². The molecule has 0 radical (unpaired) electrons. The maximum atomic E-state index is 11.0. The van der Waals surface area contributed by atoms with E-state index in [1.165, 1.54) is 0 Å². The normalized spacial score (nSPS) is 16.0. The smallest absolute Gasteiger partial charge is 0.168 e. The number of aromatic nitrogens is 3. The van der Waals surface area contributed by atoms with Crippen molar-refractivity contribution < 1.29 is 4.79 Å². The molecule has 0 aromatic carbocycles. The summed E-state index contributed by atoms with van der Waals surface area (Å²) in [6.45, 7) is 0. The van der Waals surface area contributed by atoms with E-state index in [9.17, 15) is 4.79 Å². The number of aldehydes is 1. The fourth-order valence-corrected chi connectivity index (χ4v) is 1.72. The van der Waals surface area contributed by atoms with E-state index in [2.05, 4.69) is 9.97 Å². The van der Waals surface area contributed by atoms with Crippen LogP contribution in [0.4, 0.5) is 0 Å². The van der Waals surface area contributed by atoms with Gasteiger partial charge in [0, 0.05) is 18.3 Å². The van der Waals surface area contributed by atoms with Crippen molar-refractivity contribution in [2.75, 3.05) is 0 Å². The number of fused-ring (bicyclic) bond motifs is 1. The van der Waals surface area contributed by atoms with Gasteiger partial charge >= 0.3 is 0 Å². The summed E-state index contributed by atoms with van der Waals surface area (Å²) < 4.78 is 1.80. The number of rotatable bonds is 2. The molecule has 2 aromatic rings. The minimum Gasteiger partial charge on any atom is -0.296 e. The zero-order valence-corrected chi connectivity index (χ0v) is 7.55. The molecule has 14 heavy (non-hydrogen) atoms. The van der Waals surface area contributed by atoms with Crippen molar-refractivity contribution in [3.05, 3.63) is 30.0 Å². The second kappa shape index (κ2) is 2.64. The molecule has 1 fully saturated rings. The van der Waals surface area contributed by atoms with Crippen molar-refractivity contribution in [1.82, 2.24) is 14.4 Å². The van der Waals surface area contributed by atoms with Crippen LogP contribution < -0.4 is 0 Å². The average Bonchev–Trinajstić information content (AvgIpc) is 2.99. The molecule has 1 aliphatic carbocycles. The minimum atomic E-state index is 0.495. The highest BCUT2D eigenvalue weighted by Gasteiger charge is 2.29. The Morgan fingerprint density at radius 3 is 3.07 bits per heavy atom. The van der Waals surface area contributed by atoms with Gasteiger partial charge in [0.1, 0.15) is 5.69 Å². The van der Waals surface area contributed by atoms with Crippen molar-refractivity contribution >= 4 is 11.9 Å². The molecular weight excluding hydrogens is 178 g/mol. The first kappa shape index (κ1) is 7.67. The van der Waals surface area contributed by atoms with Gasteiger partial charge < -0.3 is 0 Å². The number of hydrogen-bond donors (Lipinski definition) is 0. The van der Waals surface area contributed by atoms with Crippen LogP contribution in [0.3, 0.4) is 0 Å². The average molecular weight is 187 g/mol. The van der Waals surface area contributed by atoms with Crippen LogP contribution in [0.25, 0.3) is 5.65 Å². The molecule has 2 aromatic heterocycles. The largest absolute Gasteiger partial charge is 0.296 e. The van der Waals surface area contributed by atoms with Gasteiger partial charge in [-0.1, -0.05) is 0 Å². The molecule has 0 spiro atoms. The van der Waals surface area contributed by atoms with Crippen LogP contribution in [0, 0.1) is 0 Å². The molecule has 4 heteroatoms. The first-order valence-corrected chi connectivity index (χ1v) is 4.67. The third-order valence-corrected chi connectivity index (χ3v) is 2.57. The van der Waals surface area contributed by atoms with Gasteiger partial charge in [-0.25, -0.2) is 4.98 Å². The SMILES string of the molecule is O=Cc1c(C2CC2)nc2cnccn12. The van der Waals surface area contributed by atoms with E-state index in [1.807, 2.05) is 0 Å². The molecule has 3 rings (SSSR count). The van der Waals surface area contributed by atoms with Gasteiger partial charge in [-0.05, 0) is 12.8 Å². The summed E-state index contributed by atoms with van der Waals surface area (Å²) in [5.41, 5.74) is 2.38. The summed E-state index contributed by atoms with van der Waals surface area (Å²) in [5, 5.41) is 0. The Balaban J connectivity index is 2.33. The lowest BCUT2D eigenvalue weighted by Crippen LogP contribution is -1.93. The second-order valence-electron chi connectivity index (χ2n) is 3.58. The summed E-state index contributed by atoms with van der Waals surface area (Å²) >= 11 is 0. The van der Waals surface area contributed by atoms with E-state index < -0.39 is 0 Å². The molecule has 0 bridgehead atoms. The van der Waals surface area contributed by atoms with E-state index in [0.29, 0.717) is 11.6 Å². The standard InChI is InChI=1S/C10H9N3O/c14-6-8-10(7-1-2-7)12-9-5-11-3-4-13(8)9/h3-7H,1-2H2. The van der Waals surface area contributed by atoms with Crippen molar-refractivity contribution in [3.63, 3.8) is 0 Å². The van der Waals surface area contributed by atoms with E-state index in [1.54, 1.807) is 23.0 Å². The van der Waals surface area contributed by atoms with Crippen LogP contribution in [-0.2, 0) is 0 Å². The van der Waals surface area contributed by atoms with Crippen molar-refractivity contribution in [3.8, 4) is 0 Å². The Morgan fingerprint density at radius 2 is 2.36 bits per heavy atom. The van der Waals surface area contributed by atoms with Crippen molar-refractivity contribution in [1.29, 1.82) is 0 Å². The Bertz CT molecular complexity index is 499. The van der Waals surface area contributed by atoms with Crippen LogP contribution in [0.1, 0.15) is 34.9 Å². The van der Waals surface area contributed by atoms with E-state index in [-0.39, 0.29) is 0 Å². The summed E-state index contributed by atoms with van der Waals surface area (Å²) in [6, 6.07) is 0. The number of carbonyl (C=O) groups excluding carboxylic acids is 1. The predicted octanol–water partition coefficient (Wildman–Crippen LogP) is 1.42. The second-order valence-corrected chi connectivity index (χ2v) is 3.58. The van der Waals surface area contributed by atoms with Crippen LogP contribution in [-0.4, -0.2) is 20.7 Å². The molecule has 0 aliphatic heterocycles. The monoisotopic (exact) mass is 187 g/mol. The first-order chi connectivity index (χ1) is 6.90. The van der Waals surface area contributed by atoms with Gasteiger partial charge in [0.15, 0.2) is 11.9 Å². The third kappa shape index (κ3) is 0.968. The molecule has 0 N–H and O–H groups in total.